The maximum absolute atomic E-state index is 12.2. The Bertz CT molecular complexity index is 687. The first-order valence-corrected chi connectivity index (χ1v) is 8.95. The fourth-order valence-electron chi connectivity index (χ4n) is 2.59. The van der Waals surface area contributed by atoms with E-state index in [0.717, 1.165) is 27.6 Å². The molecule has 3 nitrogen and oxygen atoms in total. The highest BCUT2D eigenvalue weighted by molar-refractivity contribution is 9.10. The summed E-state index contributed by atoms with van der Waals surface area (Å²) >= 11 is 3.53. The highest BCUT2D eigenvalue weighted by atomic mass is 79.9. The zero-order valence-electron chi connectivity index (χ0n) is 14.7. The molecule has 0 heterocycles. The summed E-state index contributed by atoms with van der Waals surface area (Å²) in [6.07, 6.45) is 0.839. The Kier molecular flexibility index (Phi) is 6.44. The van der Waals surface area contributed by atoms with Crippen LogP contribution in [-0.4, -0.2) is 12.5 Å². The van der Waals surface area contributed by atoms with Crippen molar-refractivity contribution >= 4 is 21.8 Å². The van der Waals surface area contributed by atoms with Crippen LogP contribution in [0, 0.1) is 20.8 Å². The van der Waals surface area contributed by atoms with Gasteiger partial charge >= 0.3 is 0 Å². The van der Waals surface area contributed by atoms with E-state index in [9.17, 15) is 4.79 Å². The third kappa shape index (κ3) is 4.84. The van der Waals surface area contributed by atoms with Gasteiger partial charge < -0.3 is 10.1 Å². The van der Waals surface area contributed by atoms with Crippen molar-refractivity contribution in [2.45, 2.75) is 40.2 Å². The number of hydrogen-bond donors (Lipinski definition) is 1. The van der Waals surface area contributed by atoms with Crippen LogP contribution in [0.5, 0.6) is 5.75 Å². The van der Waals surface area contributed by atoms with E-state index in [1.165, 1.54) is 5.56 Å². The fourth-order valence-corrected chi connectivity index (χ4v) is 2.82. The van der Waals surface area contributed by atoms with Crippen LogP contribution in [0.25, 0.3) is 0 Å². The van der Waals surface area contributed by atoms with E-state index in [1.807, 2.05) is 26.0 Å². The first kappa shape index (κ1) is 18.5. The average Bonchev–Trinajstić information content (AvgIpc) is 2.56. The summed E-state index contributed by atoms with van der Waals surface area (Å²) in [6.45, 7) is 8.15. The fraction of sp³-hybridized carbons (Fsp3) is 0.350. The lowest BCUT2D eigenvalue weighted by molar-refractivity contribution is -0.123. The van der Waals surface area contributed by atoms with Gasteiger partial charge in [0.25, 0.3) is 5.91 Å². The second-order valence-corrected chi connectivity index (χ2v) is 6.89. The van der Waals surface area contributed by atoms with Crippen molar-refractivity contribution in [3.05, 3.63) is 63.1 Å². The summed E-state index contributed by atoms with van der Waals surface area (Å²) in [5.74, 6) is 0.604. The summed E-state index contributed by atoms with van der Waals surface area (Å²) in [4.78, 5) is 12.2. The molecule has 0 spiro atoms. The van der Waals surface area contributed by atoms with Gasteiger partial charge in [0.05, 0.1) is 6.04 Å². The van der Waals surface area contributed by atoms with Gasteiger partial charge in [-0.25, -0.2) is 0 Å². The molecule has 0 radical (unpaired) electrons. The van der Waals surface area contributed by atoms with Gasteiger partial charge in [-0.1, -0.05) is 52.7 Å². The van der Waals surface area contributed by atoms with Gasteiger partial charge in [-0.05, 0) is 56.0 Å². The summed E-state index contributed by atoms with van der Waals surface area (Å²) in [5.41, 5.74) is 4.52. The van der Waals surface area contributed by atoms with Crippen LogP contribution in [0.1, 0.15) is 41.6 Å². The topological polar surface area (TPSA) is 38.3 Å². The summed E-state index contributed by atoms with van der Waals surface area (Å²) in [6, 6.07) is 12.1. The lowest BCUT2D eigenvalue weighted by Crippen LogP contribution is -2.32. The Hall–Kier alpha value is -1.81. The molecule has 2 aromatic carbocycles. The molecular formula is C20H24BrNO2. The Morgan fingerprint density at radius 1 is 1.12 bits per heavy atom. The molecule has 1 atom stereocenters. The molecule has 4 heteroatoms. The molecule has 0 bridgehead atoms. The van der Waals surface area contributed by atoms with Gasteiger partial charge in [0.15, 0.2) is 6.61 Å². The van der Waals surface area contributed by atoms with Gasteiger partial charge in [0.2, 0.25) is 0 Å². The van der Waals surface area contributed by atoms with Gasteiger partial charge in [-0.3, -0.25) is 4.79 Å². The van der Waals surface area contributed by atoms with Crippen molar-refractivity contribution in [2.75, 3.05) is 6.61 Å². The number of rotatable bonds is 6. The standard InChI is InChI=1S/C20H24BrNO2/c1-5-18(16-8-6-13(2)7-9-16)22-19(23)12-24-17-10-14(3)20(21)15(4)11-17/h6-11,18H,5,12H2,1-4H3,(H,22,23). The predicted molar refractivity (Wildman–Crippen MR) is 101 cm³/mol. The molecular weight excluding hydrogens is 366 g/mol. The second kappa shape index (κ2) is 8.34. The molecule has 0 aromatic heterocycles. The van der Waals surface area contributed by atoms with Crippen LogP contribution in [0.2, 0.25) is 0 Å². The number of carbonyl (C=O) groups excluding carboxylic acids is 1. The van der Waals surface area contributed by atoms with E-state index in [2.05, 4.69) is 59.4 Å². The number of hydrogen-bond acceptors (Lipinski definition) is 2. The number of halogens is 1. The summed E-state index contributed by atoms with van der Waals surface area (Å²) < 4.78 is 6.73. The molecule has 1 N–H and O–H groups in total. The predicted octanol–water partition coefficient (Wildman–Crippen LogP) is 5.02. The summed E-state index contributed by atoms with van der Waals surface area (Å²) in [7, 11) is 0. The number of ether oxygens (including phenoxy) is 1. The van der Waals surface area contributed by atoms with E-state index in [0.29, 0.717) is 5.75 Å². The van der Waals surface area contributed by atoms with Gasteiger partial charge in [-0.15, -0.1) is 0 Å². The zero-order valence-corrected chi connectivity index (χ0v) is 16.2. The molecule has 1 unspecified atom stereocenters. The van der Waals surface area contributed by atoms with Gasteiger partial charge in [-0.2, -0.15) is 0 Å². The number of carbonyl (C=O) groups is 1. The molecule has 0 saturated heterocycles. The Morgan fingerprint density at radius 2 is 1.71 bits per heavy atom. The van der Waals surface area contributed by atoms with Crippen molar-refractivity contribution < 1.29 is 9.53 Å². The normalized spacial score (nSPS) is 11.9. The lowest BCUT2D eigenvalue weighted by Gasteiger charge is -2.18. The maximum Gasteiger partial charge on any atom is 0.258 e. The molecule has 0 fully saturated rings. The molecule has 0 aliphatic carbocycles. The maximum atomic E-state index is 12.2. The minimum atomic E-state index is -0.111. The van der Waals surface area contributed by atoms with Crippen molar-refractivity contribution in [1.82, 2.24) is 5.32 Å². The van der Waals surface area contributed by atoms with Crippen LogP contribution in [0.3, 0.4) is 0 Å². The van der Waals surface area contributed by atoms with Crippen molar-refractivity contribution in [2.24, 2.45) is 0 Å². The first-order chi connectivity index (χ1) is 11.4. The Labute approximate surface area is 152 Å². The molecule has 128 valence electrons. The van der Waals surface area contributed by atoms with Crippen LogP contribution in [0.4, 0.5) is 0 Å². The van der Waals surface area contributed by atoms with E-state index in [-0.39, 0.29) is 18.6 Å². The molecule has 0 aliphatic rings. The highest BCUT2D eigenvalue weighted by Crippen LogP contribution is 2.26. The van der Waals surface area contributed by atoms with Gasteiger partial charge in [0.1, 0.15) is 5.75 Å². The van der Waals surface area contributed by atoms with Crippen LogP contribution in [-0.2, 0) is 4.79 Å². The number of aryl methyl sites for hydroxylation is 3. The monoisotopic (exact) mass is 389 g/mol. The molecule has 24 heavy (non-hydrogen) atoms. The minimum absolute atomic E-state index is 0.00934. The number of amides is 1. The van der Waals surface area contributed by atoms with Crippen LogP contribution >= 0.6 is 15.9 Å². The molecule has 0 saturated carbocycles. The minimum Gasteiger partial charge on any atom is -0.484 e. The number of benzene rings is 2. The van der Waals surface area contributed by atoms with Gasteiger partial charge in [0, 0.05) is 4.47 Å². The van der Waals surface area contributed by atoms with Crippen molar-refractivity contribution in [3.63, 3.8) is 0 Å². The quantitative estimate of drug-likeness (QED) is 0.752. The van der Waals surface area contributed by atoms with E-state index < -0.39 is 0 Å². The van der Waals surface area contributed by atoms with E-state index in [4.69, 9.17) is 4.74 Å². The van der Waals surface area contributed by atoms with Crippen LogP contribution < -0.4 is 10.1 Å². The first-order valence-electron chi connectivity index (χ1n) is 8.16. The third-order valence-corrected chi connectivity index (χ3v) is 5.25. The third-order valence-electron chi connectivity index (χ3n) is 4.00. The lowest BCUT2D eigenvalue weighted by atomic mass is 10.0. The zero-order chi connectivity index (χ0) is 17.7. The van der Waals surface area contributed by atoms with E-state index >= 15 is 0 Å². The Morgan fingerprint density at radius 3 is 2.25 bits per heavy atom. The van der Waals surface area contributed by atoms with Crippen LogP contribution in [0.15, 0.2) is 40.9 Å². The summed E-state index contributed by atoms with van der Waals surface area (Å²) in [5, 5.41) is 3.04. The average molecular weight is 390 g/mol. The largest absolute Gasteiger partial charge is 0.484 e. The second-order valence-electron chi connectivity index (χ2n) is 6.10. The Balaban J connectivity index is 1.96. The van der Waals surface area contributed by atoms with E-state index in [1.54, 1.807) is 0 Å². The molecule has 2 aromatic rings. The molecule has 2 rings (SSSR count). The smallest absolute Gasteiger partial charge is 0.258 e. The van der Waals surface area contributed by atoms with Crippen molar-refractivity contribution in [1.29, 1.82) is 0 Å². The molecule has 0 aliphatic heterocycles. The van der Waals surface area contributed by atoms with Crippen molar-refractivity contribution in [3.8, 4) is 5.75 Å². The highest BCUT2D eigenvalue weighted by Gasteiger charge is 2.13. The number of nitrogens with one attached hydrogen (secondary N) is 1. The molecule has 1 amide bonds. The SMILES string of the molecule is CCC(NC(=O)COc1cc(C)c(Br)c(C)c1)c1ccc(C)cc1.